The second-order valence-electron chi connectivity index (χ2n) is 7.89. The first kappa shape index (κ1) is 10.8. The normalized spacial score (nSPS) is 55.4. The fourth-order valence-corrected chi connectivity index (χ4v) is 6.30. The summed E-state index contributed by atoms with van der Waals surface area (Å²) in [5, 5.41) is 11.2. The van der Waals surface area contributed by atoms with Crippen molar-refractivity contribution in [3.8, 4) is 0 Å². The fraction of sp³-hybridized carbons (Fsp3) is 1.00. The minimum Gasteiger partial charge on any atom is -0.389 e. The molecule has 1 nitrogen and oxygen atoms in total. The lowest BCUT2D eigenvalue weighted by molar-refractivity contribution is -0.0909. The van der Waals surface area contributed by atoms with Crippen LogP contribution in [0.2, 0.25) is 0 Å². The van der Waals surface area contributed by atoms with Gasteiger partial charge in [-0.15, -0.1) is 0 Å². The molecule has 0 aliphatic heterocycles. The number of aliphatic hydroxyl groups is 1. The molecule has 4 fully saturated rings. The molecule has 0 saturated heterocycles. The van der Waals surface area contributed by atoms with Gasteiger partial charge < -0.3 is 5.11 Å². The molecule has 4 aliphatic rings. The van der Waals surface area contributed by atoms with Crippen molar-refractivity contribution in [2.45, 2.75) is 70.3 Å². The monoisotopic (exact) mass is 234 g/mol. The molecular formula is C16H26O. The molecule has 0 spiro atoms. The van der Waals surface area contributed by atoms with Gasteiger partial charge in [0.2, 0.25) is 0 Å². The predicted molar refractivity (Wildman–Crippen MR) is 68.6 cm³/mol. The Bertz CT molecular complexity index is 326. The van der Waals surface area contributed by atoms with Crippen molar-refractivity contribution in [3.63, 3.8) is 0 Å². The minimum absolute atomic E-state index is 0.270. The first-order valence-corrected chi connectivity index (χ1v) is 7.84. The molecule has 96 valence electrons. The molecule has 0 aromatic carbocycles. The van der Waals surface area contributed by atoms with E-state index in [9.17, 15) is 5.11 Å². The summed E-state index contributed by atoms with van der Waals surface area (Å²) >= 11 is 0. The summed E-state index contributed by atoms with van der Waals surface area (Å²) in [6, 6.07) is 0. The van der Waals surface area contributed by atoms with Crippen LogP contribution in [-0.2, 0) is 0 Å². The molecule has 0 aromatic rings. The molecular weight excluding hydrogens is 208 g/mol. The van der Waals surface area contributed by atoms with Crippen molar-refractivity contribution in [2.24, 2.45) is 29.1 Å². The topological polar surface area (TPSA) is 20.2 Å². The van der Waals surface area contributed by atoms with Crippen LogP contribution in [0.25, 0.3) is 0 Å². The Balaban J connectivity index is 1.71. The third-order valence-electron chi connectivity index (χ3n) is 6.96. The van der Waals surface area contributed by atoms with Crippen molar-refractivity contribution in [2.75, 3.05) is 0 Å². The van der Waals surface area contributed by atoms with Crippen LogP contribution in [0.5, 0.6) is 0 Å². The van der Waals surface area contributed by atoms with Crippen LogP contribution >= 0.6 is 0 Å². The lowest BCUT2D eigenvalue weighted by atomic mass is 9.61. The van der Waals surface area contributed by atoms with E-state index in [1.165, 1.54) is 44.9 Å². The maximum Gasteiger partial charge on any atom is 0.0704 e. The van der Waals surface area contributed by atoms with E-state index in [1.807, 2.05) is 0 Å². The van der Waals surface area contributed by atoms with E-state index in [0.29, 0.717) is 5.41 Å². The van der Waals surface area contributed by atoms with E-state index < -0.39 is 0 Å². The molecule has 1 N–H and O–H groups in total. The first-order chi connectivity index (χ1) is 8.12. The SMILES string of the molecule is CC1CC2CC3CC(C4(O)CCCC4)(C1)CC23. The Morgan fingerprint density at radius 2 is 1.71 bits per heavy atom. The van der Waals surface area contributed by atoms with Crippen molar-refractivity contribution in [1.82, 2.24) is 0 Å². The molecule has 0 radical (unpaired) electrons. The summed E-state index contributed by atoms with van der Waals surface area (Å²) in [5.41, 5.74) is 0.0665. The number of hydrogen-bond donors (Lipinski definition) is 1. The van der Waals surface area contributed by atoms with Gasteiger partial charge in [-0.3, -0.25) is 0 Å². The molecule has 4 saturated carbocycles. The van der Waals surface area contributed by atoms with E-state index in [4.69, 9.17) is 0 Å². The van der Waals surface area contributed by atoms with Gasteiger partial charge in [-0.2, -0.15) is 0 Å². The molecule has 4 rings (SSSR count). The smallest absolute Gasteiger partial charge is 0.0704 e. The van der Waals surface area contributed by atoms with Crippen molar-refractivity contribution < 1.29 is 5.11 Å². The quantitative estimate of drug-likeness (QED) is 0.732. The van der Waals surface area contributed by atoms with Gasteiger partial charge in [0.1, 0.15) is 0 Å². The third kappa shape index (κ3) is 1.30. The Hall–Kier alpha value is -0.0400. The van der Waals surface area contributed by atoms with Gasteiger partial charge in [-0.1, -0.05) is 19.8 Å². The highest BCUT2D eigenvalue weighted by Gasteiger charge is 2.63. The number of fused-ring (bicyclic) bond motifs is 1. The summed E-state index contributed by atoms with van der Waals surface area (Å²) in [7, 11) is 0. The van der Waals surface area contributed by atoms with E-state index >= 15 is 0 Å². The van der Waals surface area contributed by atoms with Gasteiger partial charge in [0.05, 0.1) is 5.60 Å². The van der Waals surface area contributed by atoms with Crippen molar-refractivity contribution in [3.05, 3.63) is 0 Å². The molecule has 17 heavy (non-hydrogen) atoms. The molecule has 5 unspecified atom stereocenters. The number of hydrogen-bond acceptors (Lipinski definition) is 1. The predicted octanol–water partition coefficient (Wildman–Crippen LogP) is 3.75. The van der Waals surface area contributed by atoms with Crippen molar-refractivity contribution in [1.29, 1.82) is 0 Å². The Labute approximate surface area is 105 Å². The summed E-state index contributed by atoms with van der Waals surface area (Å²) in [5.74, 6) is 3.89. The lowest BCUT2D eigenvalue weighted by Crippen LogP contribution is -2.46. The standard InChI is InChI=1S/C16H26O/c1-11-6-12-7-13-9-15(8-11,10-14(12)13)16(17)4-2-3-5-16/h11-14,17H,2-10H2,1H3. The highest BCUT2D eigenvalue weighted by atomic mass is 16.3. The Morgan fingerprint density at radius 1 is 0.941 bits per heavy atom. The van der Waals surface area contributed by atoms with Crippen LogP contribution in [0, 0.1) is 29.1 Å². The van der Waals surface area contributed by atoms with Crippen LogP contribution < -0.4 is 0 Å². The summed E-state index contributed by atoms with van der Waals surface area (Å²) in [6.07, 6.45) is 11.8. The van der Waals surface area contributed by atoms with Gasteiger partial charge in [0, 0.05) is 0 Å². The van der Waals surface area contributed by atoms with E-state index in [-0.39, 0.29) is 5.60 Å². The zero-order chi connectivity index (χ0) is 11.7. The van der Waals surface area contributed by atoms with Crippen LogP contribution in [0.3, 0.4) is 0 Å². The molecule has 0 aromatic heterocycles. The van der Waals surface area contributed by atoms with E-state index in [2.05, 4.69) is 6.92 Å². The molecule has 0 amide bonds. The van der Waals surface area contributed by atoms with Gasteiger partial charge >= 0.3 is 0 Å². The first-order valence-electron chi connectivity index (χ1n) is 7.84. The van der Waals surface area contributed by atoms with Gasteiger partial charge in [-0.25, -0.2) is 0 Å². The van der Waals surface area contributed by atoms with Crippen LogP contribution in [0.4, 0.5) is 0 Å². The van der Waals surface area contributed by atoms with Crippen molar-refractivity contribution >= 4 is 0 Å². The average molecular weight is 234 g/mol. The van der Waals surface area contributed by atoms with Crippen LogP contribution in [0.15, 0.2) is 0 Å². The zero-order valence-corrected chi connectivity index (χ0v) is 11.1. The van der Waals surface area contributed by atoms with Crippen LogP contribution in [-0.4, -0.2) is 10.7 Å². The van der Waals surface area contributed by atoms with E-state index in [1.54, 1.807) is 0 Å². The molecule has 2 bridgehead atoms. The van der Waals surface area contributed by atoms with Gasteiger partial charge in [0.15, 0.2) is 0 Å². The minimum atomic E-state index is -0.270. The second kappa shape index (κ2) is 3.29. The van der Waals surface area contributed by atoms with Gasteiger partial charge in [-0.05, 0) is 74.0 Å². The average Bonchev–Trinajstić information content (AvgIpc) is 2.76. The van der Waals surface area contributed by atoms with Gasteiger partial charge in [0.25, 0.3) is 0 Å². The lowest BCUT2D eigenvalue weighted by Gasteiger charge is -2.46. The molecule has 1 heteroatoms. The molecule has 5 atom stereocenters. The maximum atomic E-state index is 11.2. The van der Waals surface area contributed by atoms with E-state index in [0.717, 1.165) is 36.5 Å². The third-order valence-corrected chi connectivity index (χ3v) is 6.96. The Kier molecular flexibility index (Phi) is 2.10. The Morgan fingerprint density at radius 3 is 2.47 bits per heavy atom. The van der Waals surface area contributed by atoms with Crippen LogP contribution in [0.1, 0.15) is 64.7 Å². The zero-order valence-electron chi connectivity index (χ0n) is 11.1. The maximum absolute atomic E-state index is 11.2. The highest BCUT2D eigenvalue weighted by Crippen LogP contribution is 2.69. The summed E-state index contributed by atoms with van der Waals surface area (Å²) < 4.78 is 0. The molecule has 0 heterocycles. The summed E-state index contributed by atoms with van der Waals surface area (Å²) in [4.78, 5) is 0. The second-order valence-corrected chi connectivity index (χ2v) is 7.89. The number of rotatable bonds is 1. The largest absolute Gasteiger partial charge is 0.389 e. The highest BCUT2D eigenvalue weighted by molar-refractivity contribution is 5.13. The summed E-state index contributed by atoms with van der Waals surface area (Å²) in [6.45, 7) is 2.44. The fourth-order valence-electron chi connectivity index (χ4n) is 6.30. The molecule has 4 aliphatic carbocycles.